The van der Waals surface area contributed by atoms with Crippen LogP contribution in [0.15, 0.2) is 79.8 Å². The molecule has 0 bridgehead atoms. The van der Waals surface area contributed by atoms with Crippen LogP contribution in [0.2, 0.25) is 0 Å². The molecule has 1 fully saturated rings. The fourth-order valence-electron chi connectivity index (χ4n) is 3.56. The maximum Gasteiger partial charge on any atom is 0.335 e. The van der Waals surface area contributed by atoms with Gasteiger partial charge in [0.05, 0.1) is 42.8 Å². The number of ether oxygens (including phenoxy) is 1. The lowest BCUT2D eigenvalue weighted by Crippen LogP contribution is -2.19. The van der Waals surface area contributed by atoms with Gasteiger partial charge in [-0.1, -0.05) is 17.8 Å². The number of nitro groups is 1. The van der Waals surface area contributed by atoms with Crippen molar-refractivity contribution in [1.82, 2.24) is 10.3 Å². The Morgan fingerprint density at radius 1 is 1.21 bits per heavy atom. The summed E-state index contributed by atoms with van der Waals surface area (Å²) in [5.74, 6) is -0.688. The first-order valence-corrected chi connectivity index (χ1v) is 13.9. The van der Waals surface area contributed by atoms with Crippen LogP contribution in [0.25, 0.3) is 16.3 Å². The third kappa shape index (κ3) is 6.11. The number of nitrogens with zero attached hydrogens (tertiary/aromatic N) is 3. The normalized spacial score (nSPS) is 15.2. The summed E-state index contributed by atoms with van der Waals surface area (Å²) >= 11 is 3.72. The molecule has 39 heavy (non-hydrogen) atoms. The highest BCUT2D eigenvalue weighted by Gasteiger charge is 2.25. The van der Waals surface area contributed by atoms with Crippen molar-refractivity contribution in [3.63, 3.8) is 0 Å². The number of rotatable bonds is 8. The predicted molar refractivity (Wildman–Crippen MR) is 152 cm³/mol. The number of amidine groups is 1. The number of thiazole rings is 1. The van der Waals surface area contributed by atoms with Crippen molar-refractivity contribution in [2.24, 2.45) is 4.99 Å². The van der Waals surface area contributed by atoms with E-state index in [1.807, 2.05) is 25.1 Å². The van der Waals surface area contributed by atoms with Gasteiger partial charge < -0.3 is 15.2 Å². The van der Waals surface area contributed by atoms with E-state index in [9.17, 15) is 19.7 Å². The molecule has 2 N–H and O–H groups in total. The highest BCUT2D eigenvalue weighted by atomic mass is 32.2. The molecule has 5 rings (SSSR count). The van der Waals surface area contributed by atoms with Crippen molar-refractivity contribution in [3.8, 4) is 5.75 Å². The van der Waals surface area contributed by atoms with Gasteiger partial charge in [0, 0.05) is 6.07 Å². The number of benzene rings is 3. The molecular formula is C26H18N4O6S3. The summed E-state index contributed by atoms with van der Waals surface area (Å²) < 4.78 is 7.12. The van der Waals surface area contributed by atoms with Crippen molar-refractivity contribution in [2.45, 2.75) is 16.2 Å². The van der Waals surface area contributed by atoms with Gasteiger partial charge >= 0.3 is 5.97 Å². The smallest absolute Gasteiger partial charge is 0.335 e. The van der Waals surface area contributed by atoms with E-state index in [-0.39, 0.29) is 17.2 Å². The molecule has 4 aromatic rings. The fourth-order valence-corrected chi connectivity index (χ4v) is 6.54. The molecule has 13 heteroatoms. The molecule has 3 aromatic carbocycles. The van der Waals surface area contributed by atoms with Gasteiger partial charge in [-0.25, -0.2) is 14.8 Å². The Kier molecular flexibility index (Phi) is 7.63. The van der Waals surface area contributed by atoms with Gasteiger partial charge in [-0.2, -0.15) is 0 Å². The summed E-state index contributed by atoms with van der Waals surface area (Å²) in [5.41, 5.74) is 1.78. The second-order valence-corrected chi connectivity index (χ2v) is 11.3. The molecule has 0 saturated carbocycles. The summed E-state index contributed by atoms with van der Waals surface area (Å²) in [7, 11) is 0. The number of aromatic nitrogens is 1. The maximum atomic E-state index is 12.5. The lowest BCUT2D eigenvalue weighted by atomic mass is 10.2. The maximum absolute atomic E-state index is 12.5. The molecular weight excluding hydrogens is 561 g/mol. The van der Waals surface area contributed by atoms with Gasteiger partial charge in [0.25, 0.3) is 11.6 Å². The third-order valence-corrected chi connectivity index (χ3v) is 8.38. The number of hydrogen-bond donors (Lipinski definition) is 2. The summed E-state index contributed by atoms with van der Waals surface area (Å²) in [5, 5.41) is 23.9. The van der Waals surface area contributed by atoms with Crippen LogP contribution in [-0.2, 0) is 4.79 Å². The van der Waals surface area contributed by atoms with Crippen LogP contribution < -0.4 is 10.1 Å². The van der Waals surface area contributed by atoms with Gasteiger partial charge in [-0.15, -0.1) is 11.3 Å². The second-order valence-electron chi connectivity index (χ2n) is 7.96. The highest BCUT2D eigenvalue weighted by molar-refractivity contribution is 8.18. The number of amides is 1. The zero-order valence-corrected chi connectivity index (χ0v) is 22.6. The van der Waals surface area contributed by atoms with Crippen LogP contribution in [0.5, 0.6) is 5.75 Å². The van der Waals surface area contributed by atoms with Crippen molar-refractivity contribution in [2.75, 3.05) is 6.61 Å². The molecule has 0 spiro atoms. The number of aromatic carboxylic acids is 1. The Bertz CT molecular complexity index is 1680. The number of nitrogens with one attached hydrogen (secondary N) is 1. The molecule has 0 aliphatic carbocycles. The predicted octanol–water partition coefficient (Wildman–Crippen LogP) is 6.34. The minimum absolute atomic E-state index is 0.0978. The van der Waals surface area contributed by atoms with Crippen molar-refractivity contribution in [1.29, 1.82) is 0 Å². The largest absolute Gasteiger partial charge is 0.494 e. The van der Waals surface area contributed by atoms with E-state index in [4.69, 9.17) is 9.84 Å². The molecule has 1 amide bonds. The Morgan fingerprint density at radius 3 is 2.72 bits per heavy atom. The topological polar surface area (TPSA) is 144 Å². The van der Waals surface area contributed by atoms with Crippen molar-refractivity contribution in [3.05, 3.63) is 86.8 Å². The summed E-state index contributed by atoms with van der Waals surface area (Å²) in [6.45, 7) is 2.46. The number of carboxylic acid groups (broad SMARTS) is 1. The molecule has 1 aliphatic heterocycles. The number of carboxylic acids is 1. The van der Waals surface area contributed by atoms with Crippen LogP contribution >= 0.6 is 34.9 Å². The van der Waals surface area contributed by atoms with Crippen LogP contribution in [-0.4, -0.2) is 38.7 Å². The lowest BCUT2D eigenvalue weighted by molar-refractivity contribution is -0.387. The van der Waals surface area contributed by atoms with E-state index < -0.39 is 10.9 Å². The molecule has 1 saturated heterocycles. The fraction of sp³-hybridized carbons (Fsp3) is 0.0769. The van der Waals surface area contributed by atoms with E-state index in [0.29, 0.717) is 37.2 Å². The number of fused-ring (bicyclic) bond motifs is 1. The van der Waals surface area contributed by atoms with Crippen LogP contribution in [0, 0.1) is 10.1 Å². The van der Waals surface area contributed by atoms with Gasteiger partial charge in [0.1, 0.15) is 5.75 Å². The summed E-state index contributed by atoms with van der Waals surface area (Å²) in [4.78, 5) is 44.6. The monoisotopic (exact) mass is 578 g/mol. The number of carbonyl (C=O) groups is 2. The minimum Gasteiger partial charge on any atom is -0.494 e. The average Bonchev–Trinajstić information content (AvgIpc) is 3.46. The van der Waals surface area contributed by atoms with Crippen molar-refractivity contribution < 1.29 is 24.4 Å². The molecule has 0 atom stereocenters. The molecule has 0 unspecified atom stereocenters. The van der Waals surface area contributed by atoms with E-state index >= 15 is 0 Å². The van der Waals surface area contributed by atoms with Crippen LogP contribution in [0.4, 0.5) is 11.4 Å². The molecule has 10 nitrogen and oxygen atoms in total. The number of hydrogen-bond acceptors (Lipinski definition) is 10. The van der Waals surface area contributed by atoms with Gasteiger partial charge in [-0.3, -0.25) is 14.9 Å². The van der Waals surface area contributed by atoms with Crippen LogP contribution in [0.3, 0.4) is 0 Å². The molecule has 0 radical (unpaired) electrons. The quantitative estimate of drug-likeness (QED) is 0.139. The zero-order valence-electron chi connectivity index (χ0n) is 20.1. The first-order valence-electron chi connectivity index (χ1n) is 11.4. The third-order valence-electron chi connectivity index (χ3n) is 5.32. The van der Waals surface area contributed by atoms with Crippen molar-refractivity contribution >= 4 is 79.6 Å². The van der Waals surface area contributed by atoms with Crippen LogP contribution in [0.1, 0.15) is 22.8 Å². The molecule has 2 heterocycles. The first-order chi connectivity index (χ1) is 18.8. The van der Waals surface area contributed by atoms with Gasteiger partial charge in [0.2, 0.25) is 0 Å². The summed E-state index contributed by atoms with van der Waals surface area (Å²) in [6.07, 6.45) is 1.56. The second kappa shape index (κ2) is 11.3. The summed E-state index contributed by atoms with van der Waals surface area (Å²) in [6, 6.07) is 16.3. The van der Waals surface area contributed by atoms with Gasteiger partial charge in [0.15, 0.2) is 9.51 Å². The average molecular weight is 579 g/mol. The van der Waals surface area contributed by atoms with Gasteiger partial charge in [-0.05, 0) is 78.9 Å². The molecule has 1 aromatic heterocycles. The van der Waals surface area contributed by atoms with E-state index in [0.717, 1.165) is 27.7 Å². The number of carbonyl (C=O) groups excluding carboxylic acids is 1. The van der Waals surface area contributed by atoms with E-state index in [1.165, 1.54) is 53.4 Å². The Labute approximate surface area is 234 Å². The molecule has 196 valence electrons. The van der Waals surface area contributed by atoms with E-state index in [1.54, 1.807) is 18.2 Å². The first kappa shape index (κ1) is 26.4. The number of nitro benzene ring substituents is 1. The number of aliphatic imine (C=N–C) groups is 1. The van der Waals surface area contributed by atoms with E-state index in [2.05, 4.69) is 15.3 Å². The SMILES string of the molecule is CCOc1ccc2nc(Sc3ccc(/C=C4\SC(=Nc5ccc(C(=O)O)cc5)NC4=O)cc3[N+](=O)[O-])sc2c1. The zero-order chi connectivity index (χ0) is 27.5. The highest BCUT2D eigenvalue weighted by Crippen LogP contribution is 2.40. The number of thioether (sulfide) groups is 1. The minimum atomic E-state index is -1.04. The lowest BCUT2D eigenvalue weighted by Gasteiger charge is -2.02. The molecule has 1 aliphatic rings. The Morgan fingerprint density at radius 2 is 2.00 bits per heavy atom. The Hall–Kier alpha value is -4.20. The Balaban J connectivity index is 1.36. The standard InChI is InChI=1S/C26H18N4O6S3/c1-2-36-17-8-9-18-21(13-17)39-26(28-18)38-20-10-3-14(11-19(20)30(34)35)12-22-23(31)29-25(37-22)27-16-6-4-15(5-7-16)24(32)33/h3-13H,2H2,1H3,(H,32,33)(H,27,29,31)/b22-12-.